The van der Waals surface area contributed by atoms with Crippen molar-refractivity contribution in [1.29, 1.82) is 0 Å². The summed E-state index contributed by atoms with van der Waals surface area (Å²) in [6.45, 7) is 9.34. The second kappa shape index (κ2) is 9.80. The molecule has 0 radical (unpaired) electrons. The predicted octanol–water partition coefficient (Wildman–Crippen LogP) is 13.6. The standard InChI is InChI=1S/C48H35NO2/c1-47(2)35-16-8-5-13-29(35)31-24-23-28(25-37(31)47)49(39-18-11-21-42-45(39)32-15-7-10-20-41(32)50-42)40-19-12-22-43-46(40)34-26-33-30-14-6-9-17-36(30)48(3,4)38(33)27-44(34)51-43/h5-27H,1-4H3. The molecule has 0 saturated carbocycles. The van der Waals surface area contributed by atoms with Crippen molar-refractivity contribution in [2.24, 2.45) is 0 Å². The third kappa shape index (κ3) is 3.73. The molecule has 7 aromatic carbocycles. The van der Waals surface area contributed by atoms with Gasteiger partial charge in [-0.25, -0.2) is 0 Å². The van der Waals surface area contributed by atoms with Crippen molar-refractivity contribution in [1.82, 2.24) is 0 Å². The second-order valence-corrected chi connectivity index (χ2v) is 15.3. The van der Waals surface area contributed by atoms with Crippen LogP contribution in [0.4, 0.5) is 17.1 Å². The summed E-state index contributed by atoms with van der Waals surface area (Å²) in [5.74, 6) is 0. The monoisotopic (exact) mass is 657 g/mol. The van der Waals surface area contributed by atoms with E-state index < -0.39 is 0 Å². The quantitative estimate of drug-likeness (QED) is 0.189. The Labute approximate surface area is 296 Å². The van der Waals surface area contributed by atoms with Gasteiger partial charge in [0, 0.05) is 27.3 Å². The van der Waals surface area contributed by atoms with E-state index in [1.165, 1.54) is 44.5 Å². The molecule has 0 N–H and O–H groups in total. The van der Waals surface area contributed by atoms with E-state index in [9.17, 15) is 0 Å². The Morgan fingerprint density at radius 2 is 0.922 bits per heavy atom. The van der Waals surface area contributed by atoms with Gasteiger partial charge in [0.05, 0.1) is 22.1 Å². The van der Waals surface area contributed by atoms with Crippen molar-refractivity contribution in [3.8, 4) is 22.3 Å². The Hall–Kier alpha value is -6.06. The maximum absolute atomic E-state index is 6.78. The topological polar surface area (TPSA) is 29.5 Å². The largest absolute Gasteiger partial charge is 0.456 e. The first-order valence-electron chi connectivity index (χ1n) is 17.9. The fraction of sp³-hybridized carbons (Fsp3) is 0.125. The molecule has 0 fully saturated rings. The van der Waals surface area contributed by atoms with Crippen LogP contribution in [0.25, 0.3) is 66.1 Å². The molecule has 0 unspecified atom stereocenters. The van der Waals surface area contributed by atoms with Gasteiger partial charge >= 0.3 is 0 Å². The van der Waals surface area contributed by atoms with Crippen molar-refractivity contribution < 1.29 is 8.83 Å². The molecule has 9 aromatic rings. The number of fused-ring (bicyclic) bond motifs is 12. The summed E-state index contributed by atoms with van der Waals surface area (Å²) in [5.41, 5.74) is 17.1. The molecule has 0 aliphatic heterocycles. The van der Waals surface area contributed by atoms with Gasteiger partial charge in [-0.1, -0.05) is 113 Å². The maximum Gasteiger partial charge on any atom is 0.137 e. The predicted molar refractivity (Wildman–Crippen MR) is 211 cm³/mol. The zero-order chi connectivity index (χ0) is 34.2. The summed E-state index contributed by atoms with van der Waals surface area (Å²) in [6, 6.07) is 50.6. The summed E-state index contributed by atoms with van der Waals surface area (Å²) in [4.78, 5) is 2.44. The number of hydrogen-bond donors (Lipinski definition) is 0. The number of para-hydroxylation sites is 1. The molecule has 0 atom stereocenters. The number of hydrogen-bond acceptors (Lipinski definition) is 3. The number of anilines is 3. The highest BCUT2D eigenvalue weighted by atomic mass is 16.3. The Kier molecular flexibility index (Phi) is 5.52. The molecule has 51 heavy (non-hydrogen) atoms. The van der Waals surface area contributed by atoms with Gasteiger partial charge in [0.25, 0.3) is 0 Å². The molecule has 0 spiro atoms. The molecule has 2 aromatic heterocycles. The zero-order valence-electron chi connectivity index (χ0n) is 29.0. The summed E-state index contributed by atoms with van der Waals surface area (Å²) in [5, 5.41) is 4.42. The highest BCUT2D eigenvalue weighted by Crippen LogP contribution is 2.54. The van der Waals surface area contributed by atoms with E-state index in [1.807, 2.05) is 6.07 Å². The van der Waals surface area contributed by atoms with E-state index in [0.29, 0.717) is 0 Å². The first-order chi connectivity index (χ1) is 24.8. The Morgan fingerprint density at radius 1 is 0.392 bits per heavy atom. The molecule has 3 nitrogen and oxygen atoms in total. The minimum atomic E-state index is -0.142. The minimum absolute atomic E-state index is 0.110. The van der Waals surface area contributed by atoms with Gasteiger partial charge in [0.2, 0.25) is 0 Å². The van der Waals surface area contributed by atoms with E-state index >= 15 is 0 Å². The molecule has 11 rings (SSSR count). The summed E-state index contributed by atoms with van der Waals surface area (Å²) in [6.07, 6.45) is 0. The number of benzene rings is 7. The second-order valence-electron chi connectivity index (χ2n) is 15.3. The molecule has 0 bridgehead atoms. The lowest BCUT2D eigenvalue weighted by atomic mass is 9.82. The Bertz CT molecular complexity index is 2940. The number of nitrogens with zero attached hydrogens (tertiary/aromatic N) is 1. The normalized spacial score (nSPS) is 15.0. The molecule has 0 amide bonds. The van der Waals surface area contributed by atoms with Crippen molar-refractivity contribution >= 4 is 60.9 Å². The van der Waals surface area contributed by atoms with Gasteiger partial charge in [-0.05, 0) is 99.1 Å². The molecule has 3 heteroatoms. The number of rotatable bonds is 3. The summed E-state index contributed by atoms with van der Waals surface area (Å²) >= 11 is 0. The average Bonchev–Trinajstić information content (AvgIpc) is 3.84. The van der Waals surface area contributed by atoms with Crippen LogP contribution in [0.3, 0.4) is 0 Å². The van der Waals surface area contributed by atoms with Crippen LogP contribution in [-0.2, 0) is 10.8 Å². The lowest BCUT2D eigenvalue weighted by Crippen LogP contribution is -2.16. The van der Waals surface area contributed by atoms with Crippen LogP contribution in [0, 0.1) is 0 Å². The van der Waals surface area contributed by atoms with Gasteiger partial charge in [0.1, 0.15) is 22.3 Å². The van der Waals surface area contributed by atoms with Gasteiger partial charge in [-0.3, -0.25) is 0 Å². The highest BCUT2D eigenvalue weighted by Gasteiger charge is 2.38. The Balaban J connectivity index is 1.23. The third-order valence-electron chi connectivity index (χ3n) is 11.9. The highest BCUT2D eigenvalue weighted by molar-refractivity contribution is 6.18. The van der Waals surface area contributed by atoms with Crippen molar-refractivity contribution in [2.45, 2.75) is 38.5 Å². The molecule has 2 heterocycles. The Morgan fingerprint density at radius 3 is 1.63 bits per heavy atom. The lowest BCUT2D eigenvalue weighted by Gasteiger charge is -2.29. The van der Waals surface area contributed by atoms with Gasteiger partial charge in [0.15, 0.2) is 0 Å². The molecule has 244 valence electrons. The van der Waals surface area contributed by atoms with Crippen LogP contribution < -0.4 is 4.90 Å². The first-order valence-corrected chi connectivity index (χ1v) is 17.9. The smallest absolute Gasteiger partial charge is 0.137 e. The van der Waals surface area contributed by atoms with E-state index in [-0.39, 0.29) is 10.8 Å². The van der Waals surface area contributed by atoms with Crippen LogP contribution in [0.5, 0.6) is 0 Å². The number of furan rings is 2. The molecular formula is C48H35NO2. The van der Waals surface area contributed by atoms with E-state index in [1.54, 1.807) is 0 Å². The van der Waals surface area contributed by atoms with Crippen LogP contribution in [0.2, 0.25) is 0 Å². The zero-order valence-corrected chi connectivity index (χ0v) is 29.0. The maximum atomic E-state index is 6.78. The van der Waals surface area contributed by atoms with Crippen LogP contribution in [0.1, 0.15) is 49.9 Å². The van der Waals surface area contributed by atoms with Crippen LogP contribution >= 0.6 is 0 Å². The van der Waals surface area contributed by atoms with Gasteiger partial charge in [-0.15, -0.1) is 0 Å². The lowest BCUT2D eigenvalue weighted by molar-refractivity contribution is 0.647. The average molecular weight is 658 g/mol. The molecule has 2 aliphatic rings. The molecule has 2 aliphatic carbocycles. The van der Waals surface area contributed by atoms with Crippen molar-refractivity contribution in [3.63, 3.8) is 0 Å². The minimum Gasteiger partial charge on any atom is -0.456 e. The molecular weight excluding hydrogens is 623 g/mol. The summed E-state index contributed by atoms with van der Waals surface area (Å²) in [7, 11) is 0. The summed E-state index contributed by atoms with van der Waals surface area (Å²) < 4.78 is 13.2. The van der Waals surface area contributed by atoms with Crippen molar-refractivity contribution in [3.05, 3.63) is 162 Å². The first kappa shape index (κ1) is 28.7. The van der Waals surface area contributed by atoms with E-state index in [0.717, 1.165) is 60.9 Å². The SMILES string of the molecule is CC1(C)c2ccccc2-c2ccc(N(c3cccc4oc5ccccc5c34)c3cccc4oc5cc6c(cc5c34)-c3ccccc3C6(C)C)cc21. The van der Waals surface area contributed by atoms with Gasteiger partial charge < -0.3 is 13.7 Å². The fourth-order valence-corrected chi connectivity index (χ4v) is 9.37. The van der Waals surface area contributed by atoms with Crippen LogP contribution in [-0.4, -0.2) is 0 Å². The van der Waals surface area contributed by atoms with Gasteiger partial charge in [-0.2, -0.15) is 0 Å². The van der Waals surface area contributed by atoms with E-state index in [2.05, 4.69) is 166 Å². The van der Waals surface area contributed by atoms with Crippen molar-refractivity contribution in [2.75, 3.05) is 4.90 Å². The fourth-order valence-electron chi connectivity index (χ4n) is 9.37. The van der Waals surface area contributed by atoms with E-state index in [4.69, 9.17) is 8.83 Å². The molecule has 0 saturated heterocycles. The van der Waals surface area contributed by atoms with Crippen LogP contribution in [0.15, 0.2) is 148 Å². The third-order valence-corrected chi connectivity index (χ3v) is 11.9.